The van der Waals surface area contributed by atoms with Gasteiger partial charge in [0.25, 0.3) is 5.91 Å². The van der Waals surface area contributed by atoms with Crippen LogP contribution < -0.4 is 10.6 Å². The van der Waals surface area contributed by atoms with Gasteiger partial charge in [-0.25, -0.2) is 0 Å². The number of pyridine rings is 1. The number of hydrogen-bond acceptors (Lipinski definition) is 5. The van der Waals surface area contributed by atoms with Gasteiger partial charge >= 0.3 is 12.1 Å². The third-order valence-corrected chi connectivity index (χ3v) is 5.42. The third-order valence-electron chi connectivity index (χ3n) is 5.42. The summed E-state index contributed by atoms with van der Waals surface area (Å²) < 4.78 is 39.6. The lowest BCUT2D eigenvalue weighted by atomic mass is 10.1. The Kier molecular flexibility index (Phi) is 9.00. The maximum atomic E-state index is 13.2. The van der Waals surface area contributed by atoms with Crippen LogP contribution in [0.4, 0.5) is 30.2 Å². The fraction of sp³-hybridized carbons (Fsp3) is 0.259. The average molecular weight is 514 g/mol. The van der Waals surface area contributed by atoms with Crippen LogP contribution in [0.5, 0.6) is 0 Å². The lowest BCUT2D eigenvalue weighted by Gasteiger charge is -2.15. The van der Waals surface area contributed by atoms with E-state index in [0.717, 1.165) is 17.7 Å². The minimum absolute atomic E-state index is 0.0188. The van der Waals surface area contributed by atoms with Crippen LogP contribution in [0.25, 0.3) is 0 Å². The van der Waals surface area contributed by atoms with Gasteiger partial charge in [-0.05, 0) is 54.8 Å². The molecule has 0 fully saturated rings. The van der Waals surface area contributed by atoms with Gasteiger partial charge in [-0.3, -0.25) is 19.4 Å². The second-order valence-electron chi connectivity index (χ2n) is 8.44. The maximum Gasteiger partial charge on any atom is 0.416 e. The van der Waals surface area contributed by atoms with Crippen molar-refractivity contribution < 1.29 is 32.7 Å². The monoisotopic (exact) mass is 513 g/mol. The normalized spacial score (nSPS) is 11.1. The second-order valence-corrected chi connectivity index (χ2v) is 8.44. The number of benzene rings is 2. The van der Waals surface area contributed by atoms with Crippen molar-refractivity contribution in [3.63, 3.8) is 0 Å². The van der Waals surface area contributed by atoms with Gasteiger partial charge in [-0.2, -0.15) is 13.2 Å². The van der Waals surface area contributed by atoms with E-state index in [1.165, 1.54) is 24.4 Å². The van der Waals surface area contributed by atoms with Crippen molar-refractivity contribution in [2.75, 3.05) is 10.6 Å². The molecule has 0 bridgehead atoms. The molecule has 10 heteroatoms. The number of anilines is 3. The Bertz CT molecular complexity index is 1270. The summed E-state index contributed by atoms with van der Waals surface area (Å²) in [5.41, 5.74) is 1.14. The first-order chi connectivity index (χ1) is 17.5. The Hall–Kier alpha value is -4.21. The molecule has 0 aliphatic rings. The molecule has 0 aliphatic heterocycles. The fourth-order valence-electron chi connectivity index (χ4n) is 3.58. The number of rotatable bonds is 11. The van der Waals surface area contributed by atoms with E-state index in [2.05, 4.69) is 15.6 Å². The fourth-order valence-corrected chi connectivity index (χ4v) is 3.58. The highest BCUT2D eigenvalue weighted by Crippen LogP contribution is 2.32. The maximum absolute atomic E-state index is 13.2. The molecular weight excluding hydrogens is 487 g/mol. The Morgan fingerprint density at radius 1 is 0.973 bits per heavy atom. The molecule has 0 saturated carbocycles. The molecule has 0 saturated heterocycles. The van der Waals surface area contributed by atoms with Crippen LogP contribution in [0.15, 0.2) is 60.8 Å². The van der Waals surface area contributed by atoms with Crippen LogP contribution in [0.2, 0.25) is 0 Å². The molecule has 0 aliphatic carbocycles. The van der Waals surface area contributed by atoms with E-state index in [9.17, 15) is 27.6 Å². The number of aryl methyl sites for hydroxylation is 1. The molecule has 7 nitrogen and oxygen atoms in total. The van der Waals surface area contributed by atoms with Gasteiger partial charge in [-0.15, -0.1) is 0 Å². The molecule has 3 N–H and O–H groups in total. The molecule has 0 spiro atoms. The minimum Gasteiger partial charge on any atom is -0.481 e. The van der Waals surface area contributed by atoms with Gasteiger partial charge in [0.1, 0.15) is 5.78 Å². The molecule has 3 rings (SSSR count). The van der Waals surface area contributed by atoms with E-state index in [-0.39, 0.29) is 35.6 Å². The number of aromatic nitrogens is 1. The van der Waals surface area contributed by atoms with E-state index in [0.29, 0.717) is 30.6 Å². The Balaban J connectivity index is 1.87. The first-order valence-electron chi connectivity index (χ1n) is 11.6. The highest BCUT2D eigenvalue weighted by atomic mass is 19.4. The molecular formula is C27H26F3N3O4. The molecule has 37 heavy (non-hydrogen) atoms. The summed E-state index contributed by atoms with van der Waals surface area (Å²) in [6.07, 6.45) is -1.87. The van der Waals surface area contributed by atoms with Crippen LogP contribution in [-0.2, 0) is 28.6 Å². The zero-order valence-corrected chi connectivity index (χ0v) is 20.1. The number of Topliss-reactive ketones (excluding diaryl/α,β-unsaturated/α-hetero) is 1. The van der Waals surface area contributed by atoms with Crippen LogP contribution in [0.1, 0.15) is 53.4 Å². The Morgan fingerprint density at radius 3 is 2.35 bits per heavy atom. The first-order valence-corrected chi connectivity index (χ1v) is 11.6. The number of alkyl halides is 3. The predicted octanol–water partition coefficient (Wildman–Crippen LogP) is 6.03. The highest BCUT2D eigenvalue weighted by Gasteiger charge is 2.30. The lowest BCUT2D eigenvalue weighted by molar-refractivity contribution is -0.138. The summed E-state index contributed by atoms with van der Waals surface area (Å²) in [7, 11) is 0. The standard InChI is InChI=1S/C27H26F3N3O4/c1-2-4-22(34)14-21-15-24(32-20-6-3-5-18(13-20)27(28,29)30)23(16-31-21)26(37)33-19-10-7-17(8-11-19)9-12-25(35)36/h3,5-8,10-11,13,15-16H,2,4,9,12,14H2,1H3,(H,31,32)(H,33,37)(H,35,36). The van der Waals surface area contributed by atoms with Crippen LogP contribution in [0, 0.1) is 0 Å². The minimum atomic E-state index is -4.54. The number of nitrogens with zero attached hydrogens (tertiary/aromatic N) is 1. The highest BCUT2D eigenvalue weighted by molar-refractivity contribution is 6.08. The van der Waals surface area contributed by atoms with Crippen molar-refractivity contribution in [1.29, 1.82) is 0 Å². The second kappa shape index (κ2) is 12.2. The quantitative estimate of drug-likeness (QED) is 0.289. The summed E-state index contributed by atoms with van der Waals surface area (Å²) in [5.74, 6) is -1.52. The van der Waals surface area contributed by atoms with Gasteiger partial charge < -0.3 is 15.7 Å². The van der Waals surface area contributed by atoms with Crippen molar-refractivity contribution in [3.8, 4) is 0 Å². The zero-order chi connectivity index (χ0) is 27.0. The molecule has 0 radical (unpaired) electrons. The van der Waals surface area contributed by atoms with Crippen molar-refractivity contribution in [2.45, 2.75) is 45.2 Å². The Labute approximate surface area is 211 Å². The van der Waals surface area contributed by atoms with Gasteiger partial charge in [0.05, 0.1) is 16.8 Å². The summed E-state index contributed by atoms with van der Waals surface area (Å²) in [6.45, 7) is 1.87. The average Bonchev–Trinajstić information content (AvgIpc) is 2.83. The number of carbonyl (C=O) groups is 3. The number of hydrogen-bond donors (Lipinski definition) is 3. The first kappa shape index (κ1) is 27.4. The van der Waals surface area contributed by atoms with E-state index in [1.54, 1.807) is 24.3 Å². The molecule has 194 valence electrons. The largest absolute Gasteiger partial charge is 0.481 e. The van der Waals surface area contributed by atoms with Gasteiger partial charge in [0, 0.05) is 42.5 Å². The molecule has 0 unspecified atom stereocenters. The van der Waals surface area contributed by atoms with Crippen LogP contribution in [0.3, 0.4) is 0 Å². The Morgan fingerprint density at radius 2 is 1.70 bits per heavy atom. The van der Waals surface area contributed by atoms with E-state index in [4.69, 9.17) is 5.11 Å². The number of aliphatic carboxylic acids is 1. The van der Waals surface area contributed by atoms with Crippen molar-refractivity contribution in [1.82, 2.24) is 4.98 Å². The van der Waals surface area contributed by atoms with Crippen LogP contribution in [-0.4, -0.2) is 27.8 Å². The third kappa shape index (κ3) is 8.16. The molecule has 2 aromatic carbocycles. The summed E-state index contributed by atoms with van der Waals surface area (Å²) in [5, 5.41) is 14.4. The van der Waals surface area contributed by atoms with E-state index < -0.39 is 23.6 Å². The number of amides is 1. The van der Waals surface area contributed by atoms with Gasteiger partial charge in [-0.1, -0.05) is 25.1 Å². The predicted molar refractivity (Wildman–Crippen MR) is 133 cm³/mol. The topological polar surface area (TPSA) is 108 Å². The molecule has 1 amide bonds. The molecule has 0 atom stereocenters. The summed E-state index contributed by atoms with van der Waals surface area (Å²) in [4.78, 5) is 40.1. The number of carboxylic acid groups (broad SMARTS) is 1. The lowest BCUT2D eigenvalue weighted by Crippen LogP contribution is -2.16. The number of carbonyl (C=O) groups excluding carboxylic acids is 2. The number of ketones is 1. The summed E-state index contributed by atoms with van der Waals surface area (Å²) in [6, 6.07) is 12.7. The molecule has 3 aromatic rings. The zero-order valence-electron chi connectivity index (χ0n) is 20.1. The van der Waals surface area contributed by atoms with Gasteiger partial charge in [0.2, 0.25) is 0 Å². The number of carboxylic acids is 1. The van der Waals surface area contributed by atoms with Gasteiger partial charge in [0.15, 0.2) is 0 Å². The van der Waals surface area contributed by atoms with Crippen molar-refractivity contribution >= 4 is 34.7 Å². The van der Waals surface area contributed by atoms with Crippen molar-refractivity contribution in [3.05, 3.63) is 83.2 Å². The number of halogens is 3. The van der Waals surface area contributed by atoms with Crippen LogP contribution >= 0.6 is 0 Å². The van der Waals surface area contributed by atoms with E-state index >= 15 is 0 Å². The van der Waals surface area contributed by atoms with E-state index in [1.807, 2.05) is 6.92 Å². The summed E-state index contributed by atoms with van der Waals surface area (Å²) >= 11 is 0. The SMILES string of the molecule is CCCC(=O)Cc1cc(Nc2cccc(C(F)(F)F)c2)c(C(=O)Nc2ccc(CCC(=O)O)cc2)cn1. The van der Waals surface area contributed by atoms with Crippen molar-refractivity contribution in [2.24, 2.45) is 0 Å². The molecule has 1 heterocycles. The smallest absolute Gasteiger partial charge is 0.416 e. The molecule has 1 aromatic heterocycles. The number of nitrogens with one attached hydrogen (secondary N) is 2.